The Morgan fingerprint density at radius 2 is 2.39 bits per heavy atom. The van der Waals surface area contributed by atoms with E-state index >= 15 is 0 Å². The summed E-state index contributed by atoms with van der Waals surface area (Å²) in [5.74, 6) is 0.605. The number of hydrogen-bond donors (Lipinski definition) is 2. The zero-order valence-corrected chi connectivity index (χ0v) is 10.9. The fourth-order valence-corrected chi connectivity index (χ4v) is 3.08. The SMILES string of the molecule is O=C1CSc2ccc(CC3COCCN3)cc2N1. The third-order valence-electron chi connectivity index (χ3n) is 3.16. The molecule has 1 fully saturated rings. The minimum Gasteiger partial charge on any atom is -0.379 e. The number of hydrogen-bond acceptors (Lipinski definition) is 4. The summed E-state index contributed by atoms with van der Waals surface area (Å²) in [6, 6.07) is 6.69. The molecule has 3 rings (SSSR count). The number of carbonyl (C=O) groups excluding carboxylic acids is 1. The van der Waals surface area contributed by atoms with Gasteiger partial charge < -0.3 is 15.4 Å². The number of rotatable bonds is 2. The van der Waals surface area contributed by atoms with E-state index < -0.39 is 0 Å². The van der Waals surface area contributed by atoms with Crippen molar-refractivity contribution in [3.8, 4) is 0 Å². The van der Waals surface area contributed by atoms with Crippen molar-refractivity contribution in [2.75, 3.05) is 30.8 Å². The van der Waals surface area contributed by atoms with Gasteiger partial charge in [-0.05, 0) is 24.1 Å². The van der Waals surface area contributed by atoms with E-state index in [0.29, 0.717) is 11.8 Å². The second kappa shape index (κ2) is 5.30. The highest BCUT2D eigenvalue weighted by Crippen LogP contribution is 2.32. The van der Waals surface area contributed by atoms with Crippen molar-refractivity contribution < 1.29 is 9.53 Å². The largest absolute Gasteiger partial charge is 0.379 e. The molecule has 1 atom stereocenters. The van der Waals surface area contributed by atoms with Crippen molar-refractivity contribution in [1.29, 1.82) is 0 Å². The monoisotopic (exact) mass is 264 g/mol. The van der Waals surface area contributed by atoms with Gasteiger partial charge in [0.15, 0.2) is 0 Å². The molecule has 96 valence electrons. The van der Waals surface area contributed by atoms with E-state index in [-0.39, 0.29) is 5.91 Å². The lowest BCUT2D eigenvalue weighted by Gasteiger charge is -2.24. The maximum atomic E-state index is 11.4. The van der Waals surface area contributed by atoms with Gasteiger partial charge in [0, 0.05) is 17.5 Å². The molecule has 0 aromatic heterocycles. The fourth-order valence-electron chi connectivity index (χ4n) is 2.29. The Hall–Kier alpha value is -1.04. The summed E-state index contributed by atoms with van der Waals surface area (Å²) >= 11 is 1.60. The van der Waals surface area contributed by atoms with Gasteiger partial charge in [0.25, 0.3) is 0 Å². The zero-order chi connectivity index (χ0) is 12.4. The number of morpholine rings is 1. The van der Waals surface area contributed by atoms with Crippen molar-refractivity contribution in [3.05, 3.63) is 23.8 Å². The van der Waals surface area contributed by atoms with Gasteiger partial charge >= 0.3 is 0 Å². The van der Waals surface area contributed by atoms with Crippen LogP contribution in [-0.2, 0) is 16.0 Å². The Balaban J connectivity index is 1.73. The molecule has 0 radical (unpaired) electrons. The topological polar surface area (TPSA) is 50.4 Å². The normalized spacial score (nSPS) is 23.3. The van der Waals surface area contributed by atoms with Crippen molar-refractivity contribution >= 4 is 23.4 Å². The maximum Gasteiger partial charge on any atom is 0.234 e. The summed E-state index contributed by atoms with van der Waals surface area (Å²) < 4.78 is 5.45. The highest BCUT2D eigenvalue weighted by molar-refractivity contribution is 8.00. The second-order valence-corrected chi connectivity index (χ2v) is 5.61. The van der Waals surface area contributed by atoms with E-state index in [0.717, 1.165) is 36.8 Å². The van der Waals surface area contributed by atoms with E-state index in [1.54, 1.807) is 11.8 Å². The van der Waals surface area contributed by atoms with Crippen LogP contribution in [0.3, 0.4) is 0 Å². The minimum absolute atomic E-state index is 0.0868. The number of benzene rings is 1. The minimum atomic E-state index is 0.0868. The lowest BCUT2D eigenvalue weighted by molar-refractivity contribution is -0.113. The van der Waals surface area contributed by atoms with Gasteiger partial charge in [-0.25, -0.2) is 0 Å². The molecule has 1 saturated heterocycles. The van der Waals surface area contributed by atoms with Crippen molar-refractivity contribution in [1.82, 2.24) is 5.32 Å². The maximum absolute atomic E-state index is 11.4. The van der Waals surface area contributed by atoms with Crippen molar-refractivity contribution in [2.45, 2.75) is 17.4 Å². The first kappa shape index (κ1) is 12.0. The number of amides is 1. The molecule has 2 aliphatic rings. The van der Waals surface area contributed by atoms with Crippen LogP contribution < -0.4 is 10.6 Å². The second-order valence-electron chi connectivity index (χ2n) is 4.60. The van der Waals surface area contributed by atoms with Crippen LogP contribution in [0.5, 0.6) is 0 Å². The molecule has 0 saturated carbocycles. The van der Waals surface area contributed by atoms with Crippen LogP contribution in [-0.4, -0.2) is 37.5 Å². The molecule has 2 N–H and O–H groups in total. The Bertz CT molecular complexity index is 458. The molecule has 4 nitrogen and oxygen atoms in total. The predicted octanol–water partition coefficient (Wildman–Crippen LogP) is 1.26. The molecular weight excluding hydrogens is 248 g/mol. The molecule has 2 aliphatic heterocycles. The van der Waals surface area contributed by atoms with E-state index in [2.05, 4.69) is 28.8 Å². The fraction of sp³-hybridized carbons (Fsp3) is 0.462. The van der Waals surface area contributed by atoms with E-state index in [1.807, 2.05) is 0 Å². The van der Waals surface area contributed by atoms with E-state index in [4.69, 9.17) is 4.74 Å². The summed E-state index contributed by atoms with van der Waals surface area (Å²) in [4.78, 5) is 12.5. The molecule has 5 heteroatoms. The van der Waals surface area contributed by atoms with Gasteiger partial charge in [-0.2, -0.15) is 0 Å². The molecule has 18 heavy (non-hydrogen) atoms. The first-order valence-corrected chi connectivity index (χ1v) is 7.16. The molecule has 1 amide bonds. The van der Waals surface area contributed by atoms with Gasteiger partial charge in [0.2, 0.25) is 5.91 Å². The number of fused-ring (bicyclic) bond motifs is 1. The standard InChI is InChI=1S/C13H16N2O2S/c16-13-8-18-12-2-1-9(6-11(12)15-13)5-10-7-17-4-3-14-10/h1-2,6,10,14H,3-5,7-8H2,(H,15,16). The van der Waals surface area contributed by atoms with Crippen molar-refractivity contribution in [3.63, 3.8) is 0 Å². The molecule has 0 spiro atoms. The lowest BCUT2D eigenvalue weighted by atomic mass is 10.0. The quantitative estimate of drug-likeness (QED) is 0.844. The van der Waals surface area contributed by atoms with Crippen LogP contribution in [0.2, 0.25) is 0 Å². The number of thioether (sulfide) groups is 1. The molecule has 1 unspecified atom stereocenters. The third kappa shape index (κ3) is 2.68. The number of nitrogens with one attached hydrogen (secondary N) is 2. The van der Waals surface area contributed by atoms with Crippen LogP contribution in [0.15, 0.2) is 23.1 Å². The van der Waals surface area contributed by atoms with Crippen LogP contribution in [0.1, 0.15) is 5.56 Å². The number of carbonyl (C=O) groups is 1. The Labute approximate surface area is 110 Å². The van der Waals surface area contributed by atoms with Gasteiger partial charge in [0.1, 0.15) is 0 Å². The lowest BCUT2D eigenvalue weighted by Crippen LogP contribution is -2.42. The van der Waals surface area contributed by atoms with Gasteiger partial charge in [-0.3, -0.25) is 4.79 Å². The summed E-state index contributed by atoms with van der Waals surface area (Å²) in [5.41, 5.74) is 2.19. The molecule has 2 heterocycles. The van der Waals surface area contributed by atoms with Gasteiger partial charge in [-0.1, -0.05) is 6.07 Å². The Kier molecular flexibility index (Phi) is 3.54. The summed E-state index contributed by atoms with van der Waals surface area (Å²) in [5, 5.41) is 6.36. The van der Waals surface area contributed by atoms with Gasteiger partial charge in [-0.15, -0.1) is 11.8 Å². The molecule has 0 bridgehead atoms. The van der Waals surface area contributed by atoms with Gasteiger partial charge in [0.05, 0.1) is 24.7 Å². The first-order chi connectivity index (χ1) is 8.81. The van der Waals surface area contributed by atoms with E-state index in [9.17, 15) is 4.79 Å². The van der Waals surface area contributed by atoms with Crippen LogP contribution in [0.4, 0.5) is 5.69 Å². The average molecular weight is 264 g/mol. The van der Waals surface area contributed by atoms with Crippen LogP contribution in [0, 0.1) is 0 Å². The number of ether oxygens (including phenoxy) is 1. The molecule has 1 aromatic rings. The average Bonchev–Trinajstić information content (AvgIpc) is 2.39. The molecular formula is C13H16N2O2S. The highest BCUT2D eigenvalue weighted by Gasteiger charge is 2.17. The zero-order valence-electron chi connectivity index (χ0n) is 10.1. The Morgan fingerprint density at radius 1 is 1.44 bits per heavy atom. The summed E-state index contributed by atoms with van der Waals surface area (Å²) in [7, 11) is 0. The summed E-state index contributed by atoms with van der Waals surface area (Å²) in [6.45, 7) is 2.48. The third-order valence-corrected chi connectivity index (χ3v) is 4.23. The molecule has 0 aliphatic carbocycles. The van der Waals surface area contributed by atoms with E-state index in [1.165, 1.54) is 5.56 Å². The van der Waals surface area contributed by atoms with Crippen LogP contribution in [0.25, 0.3) is 0 Å². The smallest absolute Gasteiger partial charge is 0.234 e. The van der Waals surface area contributed by atoms with Crippen LogP contribution >= 0.6 is 11.8 Å². The molecule has 1 aromatic carbocycles. The Morgan fingerprint density at radius 3 is 3.22 bits per heavy atom. The predicted molar refractivity (Wildman–Crippen MR) is 72.1 cm³/mol. The summed E-state index contributed by atoms with van der Waals surface area (Å²) in [6.07, 6.45) is 0.938. The highest BCUT2D eigenvalue weighted by atomic mass is 32.2. The number of anilines is 1. The first-order valence-electron chi connectivity index (χ1n) is 6.18. The van der Waals surface area contributed by atoms with Crippen molar-refractivity contribution in [2.24, 2.45) is 0 Å².